The van der Waals surface area contributed by atoms with Crippen LogP contribution in [0.25, 0.3) is 0 Å². The zero-order valence-electron chi connectivity index (χ0n) is 17.5. The van der Waals surface area contributed by atoms with Crippen molar-refractivity contribution in [1.29, 1.82) is 0 Å². The van der Waals surface area contributed by atoms with Crippen LogP contribution in [-0.2, 0) is 23.1 Å². The Bertz CT molecular complexity index is 1230. The van der Waals surface area contributed by atoms with Crippen molar-refractivity contribution >= 4 is 33.2 Å². The minimum Gasteiger partial charge on any atom is -0.298 e. The molecule has 2 aliphatic rings. The quantitative estimate of drug-likeness (QED) is 0.494. The van der Waals surface area contributed by atoms with E-state index in [4.69, 9.17) is 23.2 Å². The minimum atomic E-state index is -3.80. The molecule has 166 valence electrons. The van der Waals surface area contributed by atoms with Crippen LogP contribution in [-0.4, -0.2) is 37.3 Å². The molecular weight excluding hydrogens is 463 g/mol. The lowest BCUT2D eigenvalue weighted by Gasteiger charge is -2.25. The highest BCUT2D eigenvalue weighted by Crippen LogP contribution is 2.40. The number of halogens is 2. The Morgan fingerprint density at radius 3 is 2.44 bits per heavy atom. The van der Waals surface area contributed by atoms with Crippen molar-refractivity contribution in [3.05, 3.63) is 99.5 Å². The summed E-state index contributed by atoms with van der Waals surface area (Å²) in [6.45, 7) is 3.43. The molecule has 0 spiro atoms. The first-order valence-electron chi connectivity index (χ1n) is 10.7. The van der Waals surface area contributed by atoms with E-state index < -0.39 is 10.0 Å². The van der Waals surface area contributed by atoms with E-state index in [1.165, 1.54) is 17.2 Å². The van der Waals surface area contributed by atoms with E-state index in [0.717, 1.165) is 25.2 Å². The highest BCUT2D eigenvalue weighted by molar-refractivity contribution is 7.89. The topological polar surface area (TPSA) is 40.6 Å². The number of hydrogen-bond donors (Lipinski definition) is 0. The summed E-state index contributed by atoms with van der Waals surface area (Å²) >= 11 is 12.4. The Labute approximate surface area is 199 Å². The summed E-state index contributed by atoms with van der Waals surface area (Å²) in [6, 6.07) is 23.2. The van der Waals surface area contributed by atoms with Crippen LogP contribution >= 0.6 is 23.2 Å². The van der Waals surface area contributed by atoms with Gasteiger partial charge in [0.2, 0.25) is 10.0 Å². The fourth-order valence-electron chi connectivity index (χ4n) is 5.02. The molecule has 0 bridgehead atoms. The monoisotopic (exact) mass is 486 g/mol. The summed E-state index contributed by atoms with van der Waals surface area (Å²) in [6.07, 6.45) is 0. The maximum atomic E-state index is 13.7. The van der Waals surface area contributed by atoms with E-state index >= 15 is 0 Å². The van der Waals surface area contributed by atoms with Gasteiger partial charge < -0.3 is 0 Å². The molecule has 0 N–H and O–H groups in total. The number of sulfonamides is 1. The van der Waals surface area contributed by atoms with E-state index in [1.807, 2.05) is 24.3 Å². The van der Waals surface area contributed by atoms with Gasteiger partial charge in [-0.15, -0.1) is 0 Å². The zero-order chi connectivity index (χ0) is 22.3. The van der Waals surface area contributed by atoms with Crippen LogP contribution < -0.4 is 0 Å². The lowest BCUT2D eigenvalue weighted by atomic mass is 9.87. The Morgan fingerprint density at radius 1 is 0.875 bits per heavy atom. The molecule has 3 aromatic rings. The first kappa shape index (κ1) is 21.9. The van der Waals surface area contributed by atoms with Crippen LogP contribution in [0.2, 0.25) is 10.0 Å². The second kappa shape index (κ2) is 8.81. The number of nitrogens with zero attached hydrogens (tertiary/aromatic N) is 2. The second-order valence-electron chi connectivity index (χ2n) is 8.62. The third-order valence-corrected chi connectivity index (χ3v) is 9.04. The van der Waals surface area contributed by atoms with E-state index in [-0.39, 0.29) is 15.8 Å². The van der Waals surface area contributed by atoms with Gasteiger partial charge in [-0.25, -0.2) is 8.42 Å². The van der Waals surface area contributed by atoms with Gasteiger partial charge in [0.05, 0.1) is 5.02 Å². The largest absolute Gasteiger partial charge is 0.298 e. The molecule has 2 heterocycles. The fourth-order valence-corrected chi connectivity index (χ4v) is 7.23. The molecule has 3 aromatic carbocycles. The molecule has 32 heavy (non-hydrogen) atoms. The molecule has 0 aromatic heterocycles. The van der Waals surface area contributed by atoms with Crippen LogP contribution in [0.3, 0.4) is 0 Å². The summed E-state index contributed by atoms with van der Waals surface area (Å²) in [5.74, 6) is 0.500. The molecule has 2 unspecified atom stereocenters. The van der Waals surface area contributed by atoms with Gasteiger partial charge in [0.25, 0.3) is 0 Å². The first-order chi connectivity index (χ1) is 15.4. The lowest BCUT2D eigenvalue weighted by molar-refractivity contribution is 0.293. The molecule has 2 aliphatic heterocycles. The highest BCUT2D eigenvalue weighted by Gasteiger charge is 2.41. The molecule has 0 aliphatic carbocycles. The summed E-state index contributed by atoms with van der Waals surface area (Å²) in [4.78, 5) is 2.51. The van der Waals surface area contributed by atoms with Gasteiger partial charge in [-0.05, 0) is 40.8 Å². The first-order valence-corrected chi connectivity index (χ1v) is 12.9. The molecule has 1 fully saturated rings. The van der Waals surface area contributed by atoms with Crippen molar-refractivity contribution in [1.82, 2.24) is 9.21 Å². The van der Waals surface area contributed by atoms with E-state index in [9.17, 15) is 8.42 Å². The van der Waals surface area contributed by atoms with Crippen LogP contribution in [0, 0.1) is 5.92 Å². The van der Waals surface area contributed by atoms with Crippen LogP contribution in [0.4, 0.5) is 0 Å². The van der Waals surface area contributed by atoms with Gasteiger partial charge in [0.1, 0.15) is 4.90 Å². The van der Waals surface area contributed by atoms with Gasteiger partial charge >= 0.3 is 0 Å². The third kappa shape index (κ3) is 4.20. The summed E-state index contributed by atoms with van der Waals surface area (Å²) in [7, 11) is -3.80. The normalized spacial score (nSPS) is 21.7. The summed E-state index contributed by atoms with van der Waals surface area (Å²) < 4.78 is 28.9. The van der Waals surface area contributed by atoms with E-state index in [0.29, 0.717) is 24.0 Å². The van der Waals surface area contributed by atoms with E-state index in [1.54, 1.807) is 16.4 Å². The van der Waals surface area contributed by atoms with Gasteiger partial charge in [-0.1, -0.05) is 77.8 Å². The average Bonchev–Trinajstić information content (AvgIpc) is 3.10. The number of likely N-dealkylation sites (tertiary alicyclic amines) is 1. The van der Waals surface area contributed by atoms with Crippen LogP contribution in [0.15, 0.2) is 77.7 Å². The average molecular weight is 487 g/mol. The summed E-state index contributed by atoms with van der Waals surface area (Å²) in [5, 5.41) is 0.552. The molecule has 4 nitrogen and oxygen atoms in total. The van der Waals surface area contributed by atoms with Gasteiger partial charge in [0.15, 0.2) is 0 Å². The number of rotatable bonds is 4. The molecular formula is C25H24Cl2N2O2S. The molecule has 5 rings (SSSR count). The van der Waals surface area contributed by atoms with Crippen molar-refractivity contribution in [3.8, 4) is 0 Å². The van der Waals surface area contributed by atoms with Crippen molar-refractivity contribution in [2.45, 2.75) is 23.9 Å². The highest BCUT2D eigenvalue weighted by atomic mass is 35.5. The van der Waals surface area contributed by atoms with Crippen LogP contribution in [0.5, 0.6) is 0 Å². The Balaban J connectivity index is 1.49. The maximum absolute atomic E-state index is 13.7. The van der Waals surface area contributed by atoms with Crippen molar-refractivity contribution in [3.63, 3.8) is 0 Å². The standard InChI is InChI=1S/C25H24Cl2N2O2S/c26-21-10-11-24(27)25(12-21)32(30,31)29-15-19-8-4-5-9-22(19)23-17-28(14-20(23)16-29)13-18-6-2-1-3-7-18/h1-12,20,23H,13-17H2. The lowest BCUT2D eigenvalue weighted by Crippen LogP contribution is -2.35. The second-order valence-corrected chi connectivity index (χ2v) is 11.4. The Morgan fingerprint density at radius 2 is 1.62 bits per heavy atom. The maximum Gasteiger partial charge on any atom is 0.244 e. The van der Waals surface area contributed by atoms with E-state index in [2.05, 4.69) is 35.2 Å². The van der Waals surface area contributed by atoms with Crippen LogP contribution in [0.1, 0.15) is 22.6 Å². The summed E-state index contributed by atoms with van der Waals surface area (Å²) in [5.41, 5.74) is 3.58. The molecule has 1 saturated heterocycles. The van der Waals surface area contributed by atoms with Gasteiger partial charge in [-0.3, -0.25) is 4.90 Å². The van der Waals surface area contributed by atoms with Crippen molar-refractivity contribution in [2.75, 3.05) is 19.6 Å². The molecule has 0 saturated carbocycles. The SMILES string of the molecule is O=S(=O)(c1cc(Cl)ccc1Cl)N1Cc2ccccc2C2CN(Cc3ccccc3)CC2C1. The van der Waals surface area contributed by atoms with Gasteiger partial charge in [0, 0.05) is 43.7 Å². The molecule has 7 heteroatoms. The van der Waals surface area contributed by atoms with Gasteiger partial charge in [-0.2, -0.15) is 4.31 Å². The third-order valence-electron chi connectivity index (χ3n) is 6.52. The number of hydrogen-bond acceptors (Lipinski definition) is 3. The predicted octanol–water partition coefficient (Wildman–Crippen LogP) is 5.41. The molecule has 0 radical (unpaired) electrons. The number of benzene rings is 3. The Kier molecular flexibility index (Phi) is 6.03. The van der Waals surface area contributed by atoms with Crippen molar-refractivity contribution in [2.24, 2.45) is 5.92 Å². The Hall–Kier alpha value is -1.89. The zero-order valence-corrected chi connectivity index (χ0v) is 19.8. The molecule has 0 amide bonds. The molecule has 2 atom stereocenters. The van der Waals surface area contributed by atoms with Crippen molar-refractivity contribution < 1.29 is 8.42 Å². The fraction of sp³-hybridized carbons (Fsp3) is 0.280. The number of fused-ring (bicyclic) bond motifs is 3. The minimum absolute atomic E-state index is 0.0711. The predicted molar refractivity (Wildman–Crippen MR) is 128 cm³/mol. The smallest absolute Gasteiger partial charge is 0.244 e.